The molecule has 1 saturated heterocycles. The molecular formula is C30H43N3O5. The number of benzene rings is 1. The van der Waals surface area contributed by atoms with E-state index in [1.54, 1.807) is 19.1 Å². The first kappa shape index (κ1) is 27.1. The van der Waals surface area contributed by atoms with Crippen molar-refractivity contribution in [3.8, 4) is 5.75 Å². The first-order valence-electron chi connectivity index (χ1n) is 14.3. The smallest absolute Gasteiger partial charge is 0.318 e. The van der Waals surface area contributed by atoms with Crippen molar-refractivity contribution in [3.05, 3.63) is 29.8 Å². The minimum atomic E-state index is -0.906. The molecule has 8 heteroatoms. The number of likely N-dealkylation sites (tertiary alicyclic amines) is 1. The van der Waals surface area contributed by atoms with E-state index in [9.17, 15) is 14.4 Å². The lowest BCUT2D eigenvalue weighted by molar-refractivity contribution is -0.145. The van der Waals surface area contributed by atoms with Crippen molar-refractivity contribution in [2.75, 3.05) is 47.0 Å². The highest BCUT2D eigenvalue weighted by atomic mass is 16.5. The van der Waals surface area contributed by atoms with Crippen molar-refractivity contribution in [1.29, 1.82) is 0 Å². The standard InChI is InChI=1S/C30H43N3O5/c1-37-11-10-33(28(36)31-19-22-4-3-5-26(15-22)38-2)30(21-34)6-8-32(9-7-30)20-27(35)29-16-23-12-24(17-29)14-25(13-23)18-29/h3-5,15,21,23-25H,6-14,16-20H2,1-2H3,(H,31,36). The maximum Gasteiger partial charge on any atom is 0.318 e. The molecule has 5 fully saturated rings. The van der Waals surface area contributed by atoms with Gasteiger partial charge < -0.3 is 24.5 Å². The molecule has 0 unspecified atom stereocenters. The minimum Gasteiger partial charge on any atom is -0.497 e. The van der Waals surface area contributed by atoms with Crippen molar-refractivity contribution in [2.45, 2.75) is 63.5 Å². The van der Waals surface area contributed by atoms with Gasteiger partial charge in [-0.2, -0.15) is 0 Å². The van der Waals surface area contributed by atoms with E-state index in [1.165, 1.54) is 19.3 Å². The van der Waals surface area contributed by atoms with Gasteiger partial charge in [0.25, 0.3) is 0 Å². The van der Waals surface area contributed by atoms with Gasteiger partial charge in [0.1, 0.15) is 17.6 Å². The van der Waals surface area contributed by atoms with Crippen LogP contribution in [-0.4, -0.2) is 80.4 Å². The third-order valence-corrected chi connectivity index (χ3v) is 9.82. The number of piperidine rings is 1. The van der Waals surface area contributed by atoms with Crippen LogP contribution in [0.2, 0.25) is 0 Å². The lowest BCUT2D eigenvalue weighted by Gasteiger charge is -2.56. The van der Waals surface area contributed by atoms with Crippen LogP contribution in [0.1, 0.15) is 56.9 Å². The van der Waals surface area contributed by atoms with Gasteiger partial charge >= 0.3 is 6.03 Å². The van der Waals surface area contributed by atoms with Crippen molar-refractivity contribution in [1.82, 2.24) is 15.1 Å². The highest BCUT2D eigenvalue weighted by molar-refractivity contribution is 5.87. The SMILES string of the molecule is COCCN(C(=O)NCc1cccc(OC)c1)C1(C=O)CCN(CC(=O)C23CC4CC(CC(C4)C2)C3)CC1. The van der Waals surface area contributed by atoms with Crippen LogP contribution in [0.25, 0.3) is 0 Å². The van der Waals surface area contributed by atoms with Gasteiger partial charge in [-0.15, -0.1) is 0 Å². The number of methoxy groups -OCH3 is 2. The normalized spacial score (nSPS) is 29.6. The van der Waals surface area contributed by atoms with E-state index in [0.29, 0.717) is 58.0 Å². The Morgan fingerprint density at radius 2 is 1.74 bits per heavy atom. The molecule has 2 amide bonds. The maximum atomic E-state index is 13.6. The van der Waals surface area contributed by atoms with E-state index in [2.05, 4.69) is 10.2 Å². The number of carbonyl (C=O) groups excluding carboxylic acids is 3. The molecule has 6 rings (SSSR count). The van der Waals surface area contributed by atoms with E-state index >= 15 is 0 Å². The Morgan fingerprint density at radius 3 is 2.32 bits per heavy atom. The number of rotatable bonds is 11. The van der Waals surface area contributed by atoms with Gasteiger partial charge in [0.2, 0.25) is 0 Å². The van der Waals surface area contributed by atoms with Crippen LogP contribution in [-0.2, 0) is 20.9 Å². The molecular weight excluding hydrogens is 482 g/mol. The Morgan fingerprint density at radius 1 is 1.08 bits per heavy atom. The topological polar surface area (TPSA) is 88.2 Å². The van der Waals surface area contributed by atoms with Gasteiger partial charge in [-0.05, 0) is 86.8 Å². The van der Waals surface area contributed by atoms with Crippen LogP contribution in [0.3, 0.4) is 0 Å². The van der Waals surface area contributed by atoms with E-state index in [1.807, 2.05) is 24.3 Å². The molecule has 0 atom stereocenters. The third-order valence-electron chi connectivity index (χ3n) is 9.82. The lowest BCUT2D eigenvalue weighted by atomic mass is 9.48. The van der Waals surface area contributed by atoms with Crippen molar-refractivity contribution < 1.29 is 23.9 Å². The zero-order chi connectivity index (χ0) is 26.8. The first-order chi connectivity index (χ1) is 18.4. The van der Waals surface area contributed by atoms with Crippen molar-refractivity contribution in [3.63, 3.8) is 0 Å². The molecule has 0 aromatic heterocycles. The molecule has 0 radical (unpaired) electrons. The van der Waals surface area contributed by atoms with E-state index in [-0.39, 0.29) is 11.4 Å². The fourth-order valence-electron chi connectivity index (χ4n) is 8.14. The molecule has 4 bridgehead atoms. The van der Waals surface area contributed by atoms with Gasteiger partial charge in [0.15, 0.2) is 5.78 Å². The van der Waals surface area contributed by atoms with Crippen LogP contribution in [0, 0.1) is 23.2 Å². The molecule has 1 aromatic rings. The average molecular weight is 526 g/mol. The number of hydrogen-bond acceptors (Lipinski definition) is 6. The van der Waals surface area contributed by atoms with Gasteiger partial charge in [-0.1, -0.05) is 12.1 Å². The van der Waals surface area contributed by atoms with Gasteiger partial charge in [-0.25, -0.2) is 4.79 Å². The predicted molar refractivity (Wildman–Crippen MR) is 144 cm³/mol. The quantitative estimate of drug-likeness (QED) is 0.444. The van der Waals surface area contributed by atoms with Crippen LogP contribution in [0.4, 0.5) is 4.79 Å². The molecule has 4 aliphatic carbocycles. The highest BCUT2D eigenvalue weighted by Gasteiger charge is 2.54. The number of hydrogen-bond donors (Lipinski definition) is 1. The molecule has 4 saturated carbocycles. The summed E-state index contributed by atoms with van der Waals surface area (Å²) < 4.78 is 10.6. The Bertz CT molecular complexity index is 984. The monoisotopic (exact) mass is 525 g/mol. The fourth-order valence-corrected chi connectivity index (χ4v) is 8.14. The molecule has 5 aliphatic rings. The maximum absolute atomic E-state index is 13.6. The molecule has 1 aliphatic heterocycles. The molecule has 1 heterocycles. The van der Waals surface area contributed by atoms with E-state index < -0.39 is 5.54 Å². The molecule has 38 heavy (non-hydrogen) atoms. The number of Topliss-reactive ketones (excluding diaryl/α,β-unsaturated/α-hetero) is 1. The Kier molecular flexibility index (Phi) is 8.10. The molecule has 8 nitrogen and oxygen atoms in total. The molecule has 1 aromatic carbocycles. The third kappa shape index (κ3) is 5.48. The summed E-state index contributed by atoms with van der Waals surface area (Å²) in [6.07, 6.45) is 9.21. The summed E-state index contributed by atoms with van der Waals surface area (Å²) in [5.74, 6) is 3.40. The summed E-state index contributed by atoms with van der Waals surface area (Å²) in [6, 6.07) is 7.27. The van der Waals surface area contributed by atoms with Crippen molar-refractivity contribution >= 4 is 18.1 Å². The number of urea groups is 1. The van der Waals surface area contributed by atoms with Crippen LogP contribution >= 0.6 is 0 Å². The van der Waals surface area contributed by atoms with Crippen molar-refractivity contribution in [2.24, 2.45) is 23.2 Å². The average Bonchev–Trinajstić information content (AvgIpc) is 2.92. The summed E-state index contributed by atoms with van der Waals surface area (Å²) in [7, 11) is 3.21. The number of ether oxygens (including phenoxy) is 2. The second-order valence-electron chi connectivity index (χ2n) is 12.3. The van der Waals surface area contributed by atoms with E-state index in [4.69, 9.17) is 9.47 Å². The van der Waals surface area contributed by atoms with Crippen LogP contribution < -0.4 is 10.1 Å². The van der Waals surface area contributed by atoms with Crippen LogP contribution in [0.5, 0.6) is 5.75 Å². The fraction of sp³-hybridized carbons (Fsp3) is 0.700. The van der Waals surface area contributed by atoms with Gasteiger partial charge in [0, 0.05) is 38.7 Å². The van der Waals surface area contributed by atoms with Gasteiger partial charge in [0.05, 0.1) is 20.3 Å². The Labute approximate surface area is 226 Å². The van der Waals surface area contributed by atoms with E-state index in [0.717, 1.165) is 54.6 Å². The second-order valence-corrected chi connectivity index (χ2v) is 12.3. The number of amides is 2. The highest BCUT2D eigenvalue weighted by Crippen LogP contribution is 2.60. The largest absolute Gasteiger partial charge is 0.497 e. The zero-order valence-electron chi connectivity index (χ0n) is 23.0. The number of carbonyl (C=O) groups is 3. The zero-order valence-corrected chi connectivity index (χ0v) is 23.0. The second kappa shape index (κ2) is 11.3. The van der Waals surface area contributed by atoms with Crippen LogP contribution in [0.15, 0.2) is 24.3 Å². The lowest BCUT2D eigenvalue weighted by Crippen LogP contribution is -2.62. The molecule has 208 valence electrons. The Hall–Kier alpha value is -2.45. The summed E-state index contributed by atoms with van der Waals surface area (Å²) >= 11 is 0. The summed E-state index contributed by atoms with van der Waals surface area (Å²) in [6.45, 7) is 2.73. The molecule has 0 spiro atoms. The number of nitrogens with zero attached hydrogens (tertiary/aromatic N) is 2. The minimum absolute atomic E-state index is 0.0988. The molecule has 1 N–H and O–H groups in total. The number of aldehydes is 1. The summed E-state index contributed by atoms with van der Waals surface area (Å²) in [5.41, 5.74) is -0.0853. The summed E-state index contributed by atoms with van der Waals surface area (Å²) in [5, 5.41) is 2.98. The first-order valence-corrected chi connectivity index (χ1v) is 14.3. The predicted octanol–water partition coefficient (Wildman–Crippen LogP) is 3.67. The number of nitrogens with one attached hydrogen (secondary N) is 1. The van der Waals surface area contributed by atoms with Gasteiger partial charge in [-0.3, -0.25) is 9.69 Å². The number of ketones is 1. The summed E-state index contributed by atoms with van der Waals surface area (Å²) in [4.78, 5) is 43.4. The Balaban J connectivity index is 1.20.